The molecule has 112 valence electrons. The van der Waals surface area contributed by atoms with E-state index >= 15 is 0 Å². The number of hydrogen-bond donors (Lipinski definition) is 1. The van der Waals surface area contributed by atoms with Crippen molar-refractivity contribution < 1.29 is 4.74 Å². The molecule has 0 saturated carbocycles. The summed E-state index contributed by atoms with van der Waals surface area (Å²) in [5.74, 6) is 0. The van der Waals surface area contributed by atoms with Gasteiger partial charge in [-0.25, -0.2) is 0 Å². The van der Waals surface area contributed by atoms with Gasteiger partial charge in [-0.2, -0.15) is 5.26 Å². The van der Waals surface area contributed by atoms with Gasteiger partial charge in [0.15, 0.2) is 0 Å². The monoisotopic (exact) mass is 269 g/mol. The topological polar surface area (TPSA) is 48.3 Å². The van der Waals surface area contributed by atoms with Crippen LogP contribution < -0.4 is 5.32 Å². The number of nitrogens with zero attached hydrogens (tertiary/aromatic N) is 2. The molecule has 0 aromatic carbocycles. The lowest BCUT2D eigenvalue weighted by Gasteiger charge is -2.37. The second-order valence-corrected chi connectivity index (χ2v) is 5.68. The standard InChI is InChI=1S/C15H31N3O/c1-7-14(8-2)18(9-10-19-6)12-15(5,11-16)17-13(3)4/h13-14,17H,7-10,12H2,1-6H3. The summed E-state index contributed by atoms with van der Waals surface area (Å²) in [6.07, 6.45) is 2.20. The fourth-order valence-electron chi connectivity index (χ4n) is 2.56. The zero-order chi connectivity index (χ0) is 14.9. The van der Waals surface area contributed by atoms with Gasteiger partial charge in [0, 0.05) is 32.3 Å². The first-order valence-electron chi connectivity index (χ1n) is 7.34. The number of nitrogens with one attached hydrogen (secondary N) is 1. The van der Waals surface area contributed by atoms with Crippen LogP contribution in [0.5, 0.6) is 0 Å². The fourth-order valence-corrected chi connectivity index (χ4v) is 2.56. The number of nitriles is 1. The molecule has 0 rings (SSSR count). The predicted octanol–water partition coefficient (Wildman–Crippen LogP) is 2.40. The highest BCUT2D eigenvalue weighted by molar-refractivity contribution is 5.07. The lowest BCUT2D eigenvalue weighted by Crippen LogP contribution is -2.55. The molecular weight excluding hydrogens is 238 g/mol. The van der Waals surface area contributed by atoms with E-state index in [1.165, 1.54) is 0 Å². The van der Waals surface area contributed by atoms with Crippen LogP contribution in [-0.2, 0) is 4.74 Å². The molecule has 4 nitrogen and oxygen atoms in total. The van der Waals surface area contributed by atoms with Crippen molar-refractivity contribution in [3.63, 3.8) is 0 Å². The summed E-state index contributed by atoms with van der Waals surface area (Å²) in [5, 5.41) is 12.8. The van der Waals surface area contributed by atoms with Crippen molar-refractivity contribution in [1.29, 1.82) is 5.26 Å². The SMILES string of the molecule is CCC(CC)N(CCOC)CC(C)(C#N)NC(C)C. The normalized spacial score (nSPS) is 14.9. The molecule has 0 spiro atoms. The summed E-state index contributed by atoms with van der Waals surface area (Å²) in [6, 6.07) is 3.24. The Balaban J connectivity index is 4.80. The van der Waals surface area contributed by atoms with Crippen LogP contribution in [0.15, 0.2) is 0 Å². The van der Waals surface area contributed by atoms with Crippen molar-refractivity contribution in [3.05, 3.63) is 0 Å². The quantitative estimate of drug-likeness (QED) is 0.661. The van der Waals surface area contributed by atoms with Gasteiger partial charge in [-0.1, -0.05) is 13.8 Å². The summed E-state index contributed by atoms with van der Waals surface area (Å²) in [5.41, 5.74) is -0.509. The number of hydrogen-bond acceptors (Lipinski definition) is 4. The maximum atomic E-state index is 9.47. The molecule has 0 heterocycles. The zero-order valence-corrected chi connectivity index (χ0v) is 13.5. The van der Waals surface area contributed by atoms with Gasteiger partial charge in [-0.05, 0) is 33.6 Å². The average molecular weight is 269 g/mol. The van der Waals surface area contributed by atoms with Gasteiger partial charge < -0.3 is 4.74 Å². The van der Waals surface area contributed by atoms with Crippen LogP contribution in [0.25, 0.3) is 0 Å². The van der Waals surface area contributed by atoms with Crippen LogP contribution in [-0.4, -0.2) is 49.3 Å². The predicted molar refractivity (Wildman–Crippen MR) is 80.1 cm³/mol. The molecule has 1 unspecified atom stereocenters. The molecule has 1 N–H and O–H groups in total. The van der Waals surface area contributed by atoms with E-state index in [-0.39, 0.29) is 0 Å². The zero-order valence-electron chi connectivity index (χ0n) is 13.5. The van der Waals surface area contributed by atoms with E-state index in [1.54, 1.807) is 7.11 Å². The first-order valence-corrected chi connectivity index (χ1v) is 7.34. The smallest absolute Gasteiger partial charge is 0.116 e. The highest BCUT2D eigenvalue weighted by Gasteiger charge is 2.29. The number of methoxy groups -OCH3 is 1. The Labute approximate surface area is 119 Å². The minimum Gasteiger partial charge on any atom is -0.383 e. The molecule has 0 aliphatic carbocycles. The van der Waals surface area contributed by atoms with Gasteiger partial charge in [-0.3, -0.25) is 10.2 Å². The van der Waals surface area contributed by atoms with Crippen LogP contribution in [0.1, 0.15) is 47.5 Å². The molecule has 4 heteroatoms. The van der Waals surface area contributed by atoms with Crippen molar-refractivity contribution in [1.82, 2.24) is 10.2 Å². The Morgan fingerprint density at radius 1 is 1.32 bits per heavy atom. The van der Waals surface area contributed by atoms with E-state index in [9.17, 15) is 5.26 Å². The van der Waals surface area contributed by atoms with Crippen LogP contribution >= 0.6 is 0 Å². The summed E-state index contributed by atoms with van der Waals surface area (Å²) >= 11 is 0. The van der Waals surface area contributed by atoms with Crippen LogP contribution in [0, 0.1) is 11.3 Å². The Morgan fingerprint density at radius 3 is 2.26 bits per heavy atom. The van der Waals surface area contributed by atoms with E-state index < -0.39 is 5.54 Å². The van der Waals surface area contributed by atoms with Gasteiger partial charge >= 0.3 is 0 Å². The number of rotatable bonds is 10. The maximum absolute atomic E-state index is 9.47. The lowest BCUT2D eigenvalue weighted by atomic mass is 10.00. The Kier molecular flexibility index (Phi) is 8.99. The fraction of sp³-hybridized carbons (Fsp3) is 0.933. The molecule has 0 aliphatic heterocycles. The van der Waals surface area contributed by atoms with Gasteiger partial charge in [0.2, 0.25) is 0 Å². The highest BCUT2D eigenvalue weighted by Crippen LogP contribution is 2.14. The van der Waals surface area contributed by atoms with Crippen molar-refractivity contribution in [2.45, 2.75) is 65.1 Å². The van der Waals surface area contributed by atoms with E-state index in [4.69, 9.17) is 4.74 Å². The van der Waals surface area contributed by atoms with Crippen LogP contribution in [0.3, 0.4) is 0 Å². The molecule has 0 bridgehead atoms. The first kappa shape index (κ1) is 18.4. The molecule has 0 radical (unpaired) electrons. The summed E-state index contributed by atoms with van der Waals surface area (Å²) < 4.78 is 5.20. The molecule has 1 atom stereocenters. The van der Waals surface area contributed by atoms with Crippen molar-refractivity contribution >= 4 is 0 Å². The summed E-state index contributed by atoms with van der Waals surface area (Å²) in [4.78, 5) is 2.38. The third kappa shape index (κ3) is 6.91. The minimum atomic E-state index is -0.509. The van der Waals surface area contributed by atoms with Crippen molar-refractivity contribution in [3.8, 4) is 6.07 Å². The van der Waals surface area contributed by atoms with Crippen molar-refractivity contribution in [2.24, 2.45) is 0 Å². The molecule has 0 aliphatic rings. The Bertz CT molecular complexity index is 271. The largest absolute Gasteiger partial charge is 0.383 e. The summed E-state index contributed by atoms with van der Waals surface area (Å²) in [7, 11) is 1.72. The third-order valence-corrected chi connectivity index (χ3v) is 3.41. The van der Waals surface area contributed by atoms with E-state index in [2.05, 4.69) is 44.0 Å². The summed E-state index contributed by atoms with van der Waals surface area (Å²) in [6.45, 7) is 12.9. The average Bonchev–Trinajstić information content (AvgIpc) is 2.36. The van der Waals surface area contributed by atoms with Crippen LogP contribution in [0.2, 0.25) is 0 Å². The number of ether oxygens (including phenoxy) is 1. The Morgan fingerprint density at radius 2 is 1.89 bits per heavy atom. The molecule has 0 aromatic heterocycles. The molecule has 19 heavy (non-hydrogen) atoms. The first-order chi connectivity index (χ1) is 8.92. The third-order valence-electron chi connectivity index (χ3n) is 3.41. The van der Waals surface area contributed by atoms with Crippen LogP contribution in [0.4, 0.5) is 0 Å². The highest BCUT2D eigenvalue weighted by atomic mass is 16.5. The molecular formula is C15H31N3O. The molecule has 0 amide bonds. The van der Waals surface area contributed by atoms with Gasteiger partial charge in [0.05, 0.1) is 12.7 Å². The Hall–Kier alpha value is -0.630. The van der Waals surface area contributed by atoms with E-state index in [1.807, 2.05) is 6.92 Å². The van der Waals surface area contributed by atoms with Gasteiger partial charge in [0.25, 0.3) is 0 Å². The maximum Gasteiger partial charge on any atom is 0.116 e. The second kappa shape index (κ2) is 9.30. The molecule has 0 aromatic rings. The van der Waals surface area contributed by atoms with E-state index in [0.717, 1.165) is 25.9 Å². The van der Waals surface area contributed by atoms with E-state index in [0.29, 0.717) is 18.7 Å². The molecule has 0 saturated heterocycles. The van der Waals surface area contributed by atoms with Crippen molar-refractivity contribution in [2.75, 3.05) is 26.8 Å². The lowest BCUT2D eigenvalue weighted by molar-refractivity contribution is 0.0977. The second-order valence-electron chi connectivity index (χ2n) is 5.68. The van der Waals surface area contributed by atoms with Gasteiger partial charge in [0.1, 0.15) is 5.54 Å². The molecule has 0 fully saturated rings. The minimum absolute atomic E-state index is 0.302. The van der Waals surface area contributed by atoms with Gasteiger partial charge in [-0.15, -0.1) is 0 Å².